The van der Waals surface area contributed by atoms with E-state index in [9.17, 15) is 4.79 Å². The number of amides is 1. The first kappa shape index (κ1) is 15.6. The van der Waals surface area contributed by atoms with Gasteiger partial charge in [0.2, 0.25) is 0 Å². The highest BCUT2D eigenvalue weighted by atomic mass is 16.2. The Hall–Kier alpha value is -1.29. The quantitative estimate of drug-likeness (QED) is 0.868. The molecule has 2 aliphatic rings. The van der Waals surface area contributed by atoms with Crippen LogP contribution in [0.4, 0.5) is 0 Å². The molecule has 2 N–H and O–H groups in total. The lowest BCUT2D eigenvalue weighted by Gasteiger charge is -2.30. The first-order chi connectivity index (χ1) is 10.6. The van der Waals surface area contributed by atoms with Crippen LogP contribution >= 0.6 is 0 Å². The summed E-state index contributed by atoms with van der Waals surface area (Å²) in [5, 5.41) is 3.31. The number of carbonyl (C=O) groups is 1. The highest BCUT2D eigenvalue weighted by Crippen LogP contribution is 2.23. The second kappa shape index (κ2) is 6.86. The van der Waals surface area contributed by atoms with Crippen LogP contribution in [0.25, 0.3) is 0 Å². The van der Waals surface area contributed by atoms with E-state index in [1.165, 1.54) is 42.7 Å². The topological polar surface area (TPSA) is 38.5 Å². The van der Waals surface area contributed by atoms with Gasteiger partial charge in [-0.2, -0.15) is 0 Å². The summed E-state index contributed by atoms with van der Waals surface area (Å²) in [6, 6.07) is 5.19. The second-order valence-electron chi connectivity index (χ2n) is 7.26. The fraction of sp³-hybridized carbons (Fsp3) is 0.722. The molecule has 0 spiro atoms. The van der Waals surface area contributed by atoms with Gasteiger partial charge in [0.05, 0.1) is 12.2 Å². The summed E-state index contributed by atoms with van der Waals surface area (Å²) in [5.41, 5.74) is 1.37. The van der Waals surface area contributed by atoms with Gasteiger partial charge in [0.15, 0.2) is 6.54 Å². The molecular formula is C18H30N3O+. The number of quaternary nitrogens is 1. The first-order valence-corrected chi connectivity index (χ1v) is 8.90. The molecule has 0 aromatic carbocycles. The van der Waals surface area contributed by atoms with Gasteiger partial charge in [-0.05, 0) is 30.9 Å². The maximum Gasteiger partial charge on any atom is 0.275 e. The van der Waals surface area contributed by atoms with E-state index in [0.717, 1.165) is 13.0 Å². The lowest BCUT2D eigenvalue weighted by molar-refractivity contribution is -0.911. The Labute approximate surface area is 133 Å². The maximum atomic E-state index is 12.5. The van der Waals surface area contributed by atoms with Crippen LogP contribution in [0.1, 0.15) is 57.2 Å². The Bertz CT molecular complexity index is 510. The van der Waals surface area contributed by atoms with Crippen LogP contribution in [0.5, 0.6) is 0 Å². The SMILES string of the molecule is C[C@@H]1CCCC[C@@H]1NC(=O)C[NH+]1CCC[C@@H]1c1cccn1C. The Morgan fingerprint density at radius 2 is 2.14 bits per heavy atom. The van der Waals surface area contributed by atoms with Gasteiger partial charge in [-0.1, -0.05) is 19.8 Å². The number of nitrogens with zero attached hydrogens (tertiary/aromatic N) is 1. The molecule has 2 heterocycles. The molecule has 4 atom stereocenters. The first-order valence-electron chi connectivity index (χ1n) is 8.90. The fourth-order valence-corrected chi connectivity index (χ4v) is 4.31. The minimum Gasteiger partial charge on any atom is -0.350 e. The molecule has 1 unspecified atom stereocenters. The Morgan fingerprint density at radius 3 is 2.86 bits per heavy atom. The monoisotopic (exact) mass is 304 g/mol. The van der Waals surface area contributed by atoms with Gasteiger partial charge in [-0.15, -0.1) is 0 Å². The number of hydrogen-bond acceptors (Lipinski definition) is 1. The van der Waals surface area contributed by atoms with Crippen LogP contribution in [0, 0.1) is 5.92 Å². The number of nitrogens with one attached hydrogen (secondary N) is 2. The van der Waals surface area contributed by atoms with Gasteiger partial charge >= 0.3 is 0 Å². The molecule has 4 heteroatoms. The van der Waals surface area contributed by atoms with E-state index < -0.39 is 0 Å². The highest BCUT2D eigenvalue weighted by Gasteiger charge is 2.33. The normalized spacial score (nSPS) is 32.1. The van der Waals surface area contributed by atoms with Crippen molar-refractivity contribution in [3.8, 4) is 0 Å². The summed E-state index contributed by atoms with van der Waals surface area (Å²) in [4.78, 5) is 13.9. The number of hydrogen-bond donors (Lipinski definition) is 2. The number of likely N-dealkylation sites (tertiary alicyclic amines) is 1. The standard InChI is InChI=1S/C18H29N3O/c1-14-7-3-4-8-15(14)19-18(22)13-21-12-6-10-17(21)16-9-5-11-20(16)2/h5,9,11,14-15,17H,3-4,6-8,10,12-13H2,1-2H3,(H,19,22)/p+1/t14-,15+,17-/m1/s1. The lowest BCUT2D eigenvalue weighted by atomic mass is 9.86. The summed E-state index contributed by atoms with van der Waals surface area (Å²) in [6.45, 7) is 4.02. The van der Waals surface area contributed by atoms with Crippen LogP contribution in [-0.2, 0) is 11.8 Å². The zero-order valence-electron chi connectivity index (χ0n) is 14.0. The van der Waals surface area contributed by atoms with Gasteiger partial charge in [-0.25, -0.2) is 0 Å². The van der Waals surface area contributed by atoms with Crippen molar-refractivity contribution >= 4 is 5.91 Å². The van der Waals surface area contributed by atoms with Crippen molar-refractivity contribution in [3.63, 3.8) is 0 Å². The van der Waals surface area contributed by atoms with Crippen molar-refractivity contribution in [2.24, 2.45) is 13.0 Å². The third-order valence-electron chi connectivity index (χ3n) is 5.67. The third-order valence-corrected chi connectivity index (χ3v) is 5.67. The summed E-state index contributed by atoms with van der Waals surface area (Å²) in [7, 11) is 2.11. The number of aromatic nitrogens is 1. The van der Waals surface area contributed by atoms with Gasteiger partial charge in [0, 0.05) is 32.1 Å². The molecule has 1 aliphatic heterocycles. The summed E-state index contributed by atoms with van der Waals surface area (Å²) in [6.07, 6.45) is 9.52. The van der Waals surface area contributed by atoms with Gasteiger partial charge in [0.1, 0.15) is 6.04 Å². The summed E-state index contributed by atoms with van der Waals surface area (Å²) < 4.78 is 2.21. The predicted octanol–water partition coefficient (Wildman–Crippen LogP) is 1.44. The molecule has 1 saturated heterocycles. The zero-order chi connectivity index (χ0) is 15.5. The van der Waals surface area contributed by atoms with Crippen molar-refractivity contribution < 1.29 is 9.69 Å². The van der Waals surface area contributed by atoms with Crippen LogP contribution in [-0.4, -0.2) is 29.6 Å². The van der Waals surface area contributed by atoms with Crippen LogP contribution in [0.2, 0.25) is 0 Å². The van der Waals surface area contributed by atoms with Gasteiger partial charge in [-0.3, -0.25) is 4.79 Å². The average Bonchev–Trinajstić information content (AvgIpc) is 3.10. The molecule has 1 saturated carbocycles. The number of rotatable bonds is 4. The maximum absolute atomic E-state index is 12.5. The van der Waals surface area contributed by atoms with Crippen molar-refractivity contribution in [2.45, 2.75) is 57.5 Å². The van der Waals surface area contributed by atoms with Crippen molar-refractivity contribution in [3.05, 3.63) is 24.0 Å². The van der Waals surface area contributed by atoms with E-state index in [0.29, 0.717) is 24.5 Å². The van der Waals surface area contributed by atoms with Crippen LogP contribution in [0.15, 0.2) is 18.3 Å². The Balaban J connectivity index is 1.57. The molecule has 4 nitrogen and oxygen atoms in total. The molecule has 2 fully saturated rings. The van der Waals surface area contributed by atoms with E-state index in [4.69, 9.17) is 0 Å². The Morgan fingerprint density at radius 1 is 1.32 bits per heavy atom. The molecule has 0 bridgehead atoms. The van der Waals surface area contributed by atoms with E-state index in [-0.39, 0.29) is 5.91 Å². The van der Waals surface area contributed by atoms with Gasteiger partial charge < -0.3 is 14.8 Å². The minimum atomic E-state index is 0.245. The van der Waals surface area contributed by atoms with Crippen molar-refractivity contribution in [1.29, 1.82) is 0 Å². The van der Waals surface area contributed by atoms with E-state index in [1.807, 2.05) is 0 Å². The smallest absolute Gasteiger partial charge is 0.275 e. The molecule has 1 aromatic rings. The van der Waals surface area contributed by atoms with E-state index >= 15 is 0 Å². The minimum absolute atomic E-state index is 0.245. The molecule has 1 aliphatic carbocycles. The second-order valence-corrected chi connectivity index (χ2v) is 7.26. The number of aryl methyl sites for hydroxylation is 1. The molecule has 22 heavy (non-hydrogen) atoms. The third kappa shape index (κ3) is 3.37. The Kier molecular flexibility index (Phi) is 4.87. The van der Waals surface area contributed by atoms with Crippen molar-refractivity contribution in [2.75, 3.05) is 13.1 Å². The largest absolute Gasteiger partial charge is 0.350 e. The van der Waals surface area contributed by atoms with Crippen molar-refractivity contribution in [1.82, 2.24) is 9.88 Å². The van der Waals surface area contributed by atoms with Crippen LogP contribution < -0.4 is 10.2 Å². The summed E-state index contributed by atoms with van der Waals surface area (Å²) >= 11 is 0. The number of carbonyl (C=O) groups excluding carboxylic acids is 1. The summed E-state index contributed by atoms with van der Waals surface area (Å²) in [5.74, 6) is 0.879. The molecule has 1 aromatic heterocycles. The highest BCUT2D eigenvalue weighted by molar-refractivity contribution is 5.77. The molecule has 1 amide bonds. The van der Waals surface area contributed by atoms with Crippen LogP contribution in [0.3, 0.4) is 0 Å². The average molecular weight is 304 g/mol. The lowest BCUT2D eigenvalue weighted by Crippen LogP contribution is -3.11. The fourth-order valence-electron chi connectivity index (χ4n) is 4.31. The van der Waals surface area contributed by atoms with E-state index in [2.05, 4.69) is 42.2 Å². The molecule has 0 radical (unpaired) electrons. The van der Waals surface area contributed by atoms with Gasteiger partial charge in [0.25, 0.3) is 5.91 Å². The molecular weight excluding hydrogens is 274 g/mol. The van der Waals surface area contributed by atoms with E-state index in [1.54, 1.807) is 0 Å². The molecule has 122 valence electrons. The zero-order valence-corrected chi connectivity index (χ0v) is 14.0. The molecule has 3 rings (SSSR count). The predicted molar refractivity (Wildman–Crippen MR) is 87.6 cm³/mol.